The molecular weight excluding hydrogens is 248 g/mol. The van der Waals surface area contributed by atoms with Gasteiger partial charge < -0.3 is 5.11 Å². The fourth-order valence-corrected chi connectivity index (χ4v) is 2.29. The van der Waals surface area contributed by atoms with Crippen LogP contribution in [-0.2, 0) is 4.79 Å². The zero-order chi connectivity index (χ0) is 14.9. The van der Waals surface area contributed by atoms with Crippen LogP contribution >= 0.6 is 0 Å². The second-order valence-corrected chi connectivity index (χ2v) is 5.66. The maximum Gasteiger partial charge on any atom is 0.198 e. The Labute approximate surface area is 125 Å². The van der Waals surface area contributed by atoms with Crippen molar-refractivity contribution in [3.05, 3.63) is 12.2 Å². The van der Waals surface area contributed by atoms with E-state index < -0.39 is 0 Å². The molecule has 0 aromatic heterocycles. The molecule has 1 unspecified atom stereocenters. The topological polar surface area (TPSA) is 37.3 Å². The first kappa shape index (κ1) is 19.4. The van der Waals surface area contributed by atoms with Crippen molar-refractivity contribution in [2.24, 2.45) is 0 Å². The quantitative estimate of drug-likeness (QED) is 0.335. The summed E-state index contributed by atoms with van der Waals surface area (Å²) < 4.78 is 0. The third-order valence-corrected chi connectivity index (χ3v) is 3.62. The van der Waals surface area contributed by atoms with Crippen LogP contribution in [0.3, 0.4) is 0 Å². The van der Waals surface area contributed by atoms with Crippen LogP contribution in [0, 0.1) is 0 Å². The third-order valence-electron chi connectivity index (χ3n) is 3.62. The van der Waals surface area contributed by atoms with Gasteiger partial charge in [0.2, 0.25) is 0 Å². The smallest absolute Gasteiger partial charge is 0.198 e. The van der Waals surface area contributed by atoms with E-state index in [2.05, 4.69) is 19.1 Å². The van der Waals surface area contributed by atoms with E-state index in [0.717, 1.165) is 38.5 Å². The number of hydrogen-bond acceptors (Lipinski definition) is 2. The summed E-state index contributed by atoms with van der Waals surface area (Å²) in [4.78, 5) is 10.0. The van der Waals surface area contributed by atoms with Crippen molar-refractivity contribution in [3.63, 3.8) is 0 Å². The highest BCUT2D eigenvalue weighted by Crippen LogP contribution is 2.10. The highest BCUT2D eigenvalue weighted by molar-refractivity contribution is 5.50. The first-order valence-corrected chi connectivity index (χ1v) is 8.49. The van der Waals surface area contributed by atoms with Gasteiger partial charge in [-0.2, -0.15) is 0 Å². The molecule has 0 aromatic rings. The van der Waals surface area contributed by atoms with E-state index in [4.69, 9.17) is 0 Å². The third kappa shape index (κ3) is 15.4. The molecule has 0 aromatic carbocycles. The predicted molar refractivity (Wildman–Crippen MR) is 86.5 cm³/mol. The van der Waals surface area contributed by atoms with Crippen LogP contribution in [0.15, 0.2) is 12.2 Å². The SMILES string of the molecule is CCCCCCC(O)CC=CCCCCCCC[C]=O. The lowest BCUT2D eigenvalue weighted by Crippen LogP contribution is -2.04. The van der Waals surface area contributed by atoms with Gasteiger partial charge in [-0.25, -0.2) is 0 Å². The van der Waals surface area contributed by atoms with Gasteiger partial charge in [0.25, 0.3) is 0 Å². The number of allylic oxidation sites excluding steroid dienone is 1. The molecule has 0 saturated heterocycles. The van der Waals surface area contributed by atoms with E-state index in [-0.39, 0.29) is 6.10 Å². The molecule has 0 amide bonds. The van der Waals surface area contributed by atoms with E-state index in [1.54, 1.807) is 0 Å². The monoisotopic (exact) mass is 281 g/mol. The molecular formula is C18H33O2. The Hall–Kier alpha value is -0.630. The Bertz CT molecular complexity index is 223. The summed E-state index contributed by atoms with van der Waals surface area (Å²) in [5.41, 5.74) is 0. The van der Waals surface area contributed by atoms with Gasteiger partial charge in [0, 0.05) is 6.42 Å². The molecule has 1 N–H and O–H groups in total. The summed E-state index contributed by atoms with van der Waals surface area (Å²) in [5, 5.41) is 9.79. The number of rotatable bonds is 15. The molecule has 117 valence electrons. The van der Waals surface area contributed by atoms with Crippen molar-refractivity contribution in [3.8, 4) is 0 Å². The van der Waals surface area contributed by atoms with Crippen LogP contribution < -0.4 is 0 Å². The Morgan fingerprint density at radius 3 is 2.40 bits per heavy atom. The molecule has 20 heavy (non-hydrogen) atoms. The molecule has 0 aliphatic carbocycles. The number of unbranched alkanes of at least 4 members (excludes halogenated alkanes) is 9. The molecule has 0 bridgehead atoms. The van der Waals surface area contributed by atoms with Gasteiger partial charge in [0.1, 0.15) is 0 Å². The minimum absolute atomic E-state index is 0.150. The summed E-state index contributed by atoms with van der Waals surface area (Å²) in [7, 11) is 0. The van der Waals surface area contributed by atoms with Crippen LogP contribution in [0.5, 0.6) is 0 Å². The minimum atomic E-state index is -0.150. The Balaban J connectivity index is 3.23. The Kier molecular flexibility index (Phi) is 15.9. The lowest BCUT2D eigenvalue weighted by atomic mass is 10.1. The first-order chi connectivity index (χ1) is 9.81. The highest BCUT2D eigenvalue weighted by atomic mass is 16.3. The van der Waals surface area contributed by atoms with E-state index in [1.165, 1.54) is 38.5 Å². The predicted octanol–water partition coefficient (Wildman–Crippen LogP) is 5.10. The Morgan fingerprint density at radius 2 is 1.65 bits per heavy atom. The number of aliphatic hydroxyl groups excluding tert-OH is 1. The molecule has 0 fully saturated rings. The molecule has 0 saturated carbocycles. The zero-order valence-corrected chi connectivity index (χ0v) is 13.3. The van der Waals surface area contributed by atoms with Crippen LogP contribution in [0.1, 0.15) is 90.4 Å². The summed E-state index contributed by atoms with van der Waals surface area (Å²) in [6.07, 6.45) is 20.3. The van der Waals surface area contributed by atoms with E-state index in [1.807, 2.05) is 6.29 Å². The maximum atomic E-state index is 10.0. The largest absolute Gasteiger partial charge is 0.393 e. The molecule has 0 rings (SSSR count). The van der Waals surface area contributed by atoms with Crippen LogP contribution in [0.25, 0.3) is 0 Å². The number of carbonyl (C=O) groups excluding carboxylic acids is 1. The second kappa shape index (κ2) is 16.4. The lowest BCUT2D eigenvalue weighted by Gasteiger charge is -2.07. The fraction of sp³-hybridized carbons (Fsp3) is 0.833. The molecule has 0 heterocycles. The average molecular weight is 281 g/mol. The molecule has 0 aliphatic rings. The molecule has 2 nitrogen and oxygen atoms in total. The van der Waals surface area contributed by atoms with Gasteiger partial charge in [-0.1, -0.05) is 64.0 Å². The summed E-state index contributed by atoms with van der Waals surface area (Å²) in [6.45, 7) is 2.21. The minimum Gasteiger partial charge on any atom is -0.393 e. The number of aliphatic hydroxyl groups is 1. The van der Waals surface area contributed by atoms with Crippen molar-refractivity contribution in [2.45, 2.75) is 96.5 Å². The summed E-state index contributed by atoms with van der Waals surface area (Å²) in [6, 6.07) is 0. The van der Waals surface area contributed by atoms with E-state index in [0.29, 0.717) is 6.42 Å². The Morgan fingerprint density at radius 1 is 0.950 bits per heavy atom. The molecule has 1 radical (unpaired) electrons. The van der Waals surface area contributed by atoms with Crippen molar-refractivity contribution in [1.29, 1.82) is 0 Å². The average Bonchev–Trinajstić information content (AvgIpc) is 2.45. The van der Waals surface area contributed by atoms with Crippen LogP contribution in [0.2, 0.25) is 0 Å². The second-order valence-electron chi connectivity index (χ2n) is 5.66. The normalized spacial score (nSPS) is 12.9. The van der Waals surface area contributed by atoms with Crippen molar-refractivity contribution < 1.29 is 9.90 Å². The summed E-state index contributed by atoms with van der Waals surface area (Å²) in [5.74, 6) is 0. The van der Waals surface area contributed by atoms with Gasteiger partial charge in [-0.3, -0.25) is 4.79 Å². The van der Waals surface area contributed by atoms with Crippen LogP contribution in [0.4, 0.5) is 0 Å². The molecule has 1 atom stereocenters. The van der Waals surface area contributed by atoms with Crippen LogP contribution in [-0.4, -0.2) is 17.5 Å². The van der Waals surface area contributed by atoms with E-state index >= 15 is 0 Å². The standard InChI is InChI=1S/C18H33O2/c1-2-3-4-12-15-18(20)16-13-10-8-6-5-7-9-11-14-17-19/h10,13,18,20H,2-9,11-12,14-16H2,1H3. The van der Waals surface area contributed by atoms with Crippen molar-refractivity contribution >= 4 is 6.29 Å². The summed E-state index contributed by atoms with van der Waals surface area (Å²) >= 11 is 0. The van der Waals surface area contributed by atoms with Gasteiger partial charge in [0.05, 0.1) is 6.10 Å². The maximum absolute atomic E-state index is 10.0. The van der Waals surface area contributed by atoms with Crippen molar-refractivity contribution in [2.75, 3.05) is 0 Å². The van der Waals surface area contributed by atoms with Crippen molar-refractivity contribution in [1.82, 2.24) is 0 Å². The van der Waals surface area contributed by atoms with Gasteiger partial charge >= 0.3 is 0 Å². The fourth-order valence-electron chi connectivity index (χ4n) is 2.29. The highest BCUT2D eigenvalue weighted by Gasteiger charge is 2.00. The van der Waals surface area contributed by atoms with Gasteiger partial charge in [-0.15, -0.1) is 0 Å². The number of hydrogen-bond donors (Lipinski definition) is 1. The van der Waals surface area contributed by atoms with Gasteiger partial charge in [-0.05, 0) is 32.1 Å². The lowest BCUT2D eigenvalue weighted by molar-refractivity contribution is 0.163. The van der Waals surface area contributed by atoms with Gasteiger partial charge in [0.15, 0.2) is 6.29 Å². The molecule has 0 spiro atoms. The zero-order valence-electron chi connectivity index (χ0n) is 13.3. The van der Waals surface area contributed by atoms with E-state index in [9.17, 15) is 9.90 Å². The first-order valence-electron chi connectivity index (χ1n) is 8.49. The molecule has 0 aliphatic heterocycles. The molecule has 2 heteroatoms.